The van der Waals surface area contributed by atoms with Crippen LogP contribution < -0.4 is 0 Å². The van der Waals surface area contributed by atoms with Crippen molar-refractivity contribution in [3.05, 3.63) is 83.9 Å². The molecule has 0 aliphatic carbocycles. The molecule has 0 atom stereocenters. The van der Waals surface area contributed by atoms with E-state index < -0.39 is 0 Å². The first-order valence-corrected chi connectivity index (χ1v) is 9.31. The SMILES string of the molecule is C=C(C)C(=O)N(CCN(Cc1ccccc1)C(=O)CC)Cc1ccccc1. The molecule has 2 amide bonds. The van der Waals surface area contributed by atoms with Crippen LogP contribution >= 0.6 is 0 Å². The number of hydrogen-bond donors (Lipinski definition) is 0. The van der Waals surface area contributed by atoms with Crippen LogP contribution in [0, 0.1) is 0 Å². The number of benzene rings is 2. The van der Waals surface area contributed by atoms with Gasteiger partial charge in [0.15, 0.2) is 0 Å². The average Bonchev–Trinajstić information content (AvgIpc) is 2.70. The van der Waals surface area contributed by atoms with Crippen LogP contribution in [0.2, 0.25) is 0 Å². The van der Waals surface area contributed by atoms with Crippen molar-refractivity contribution in [1.82, 2.24) is 9.80 Å². The zero-order valence-electron chi connectivity index (χ0n) is 16.2. The van der Waals surface area contributed by atoms with Crippen molar-refractivity contribution in [1.29, 1.82) is 0 Å². The third kappa shape index (κ3) is 6.41. The quantitative estimate of drug-likeness (QED) is 0.630. The van der Waals surface area contributed by atoms with Gasteiger partial charge in [0, 0.05) is 38.2 Å². The summed E-state index contributed by atoms with van der Waals surface area (Å²) in [5.41, 5.74) is 2.64. The third-order valence-corrected chi connectivity index (χ3v) is 4.38. The van der Waals surface area contributed by atoms with Gasteiger partial charge >= 0.3 is 0 Å². The normalized spacial score (nSPS) is 10.3. The summed E-state index contributed by atoms with van der Waals surface area (Å²) in [4.78, 5) is 28.6. The molecule has 0 aromatic heterocycles. The second-order valence-electron chi connectivity index (χ2n) is 6.65. The molecule has 0 N–H and O–H groups in total. The van der Waals surface area contributed by atoms with E-state index in [0.29, 0.717) is 38.2 Å². The zero-order valence-corrected chi connectivity index (χ0v) is 16.2. The largest absolute Gasteiger partial charge is 0.337 e. The maximum absolute atomic E-state index is 12.6. The Morgan fingerprint density at radius 1 is 0.815 bits per heavy atom. The second kappa shape index (κ2) is 10.3. The molecule has 0 saturated heterocycles. The molecule has 142 valence electrons. The van der Waals surface area contributed by atoms with E-state index in [1.807, 2.05) is 72.5 Å². The highest BCUT2D eigenvalue weighted by molar-refractivity contribution is 5.92. The van der Waals surface area contributed by atoms with Crippen LogP contribution in [0.4, 0.5) is 0 Å². The number of carbonyl (C=O) groups excluding carboxylic acids is 2. The van der Waals surface area contributed by atoms with Gasteiger partial charge in [-0.1, -0.05) is 74.2 Å². The van der Waals surface area contributed by atoms with Crippen LogP contribution in [0.5, 0.6) is 0 Å². The number of hydrogen-bond acceptors (Lipinski definition) is 2. The van der Waals surface area contributed by atoms with Gasteiger partial charge in [-0.25, -0.2) is 0 Å². The van der Waals surface area contributed by atoms with Gasteiger partial charge in [-0.2, -0.15) is 0 Å². The summed E-state index contributed by atoms with van der Waals surface area (Å²) in [6.07, 6.45) is 0.444. The number of nitrogens with zero attached hydrogens (tertiary/aromatic N) is 2. The smallest absolute Gasteiger partial charge is 0.249 e. The van der Waals surface area contributed by atoms with Gasteiger partial charge in [0.25, 0.3) is 0 Å². The van der Waals surface area contributed by atoms with E-state index >= 15 is 0 Å². The Balaban J connectivity index is 2.09. The molecule has 0 heterocycles. The summed E-state index contributed by atoms with van der Waals surface area (Å²) in [7, 11) is 0. The number of carbonyl (C=O) groups is 2. The zero-order chi connectivity index (χ0) is 19.6. The molecule has 4 nitrogen and oxygen atoms in total. The van der Waals surface area contributed by atoms with Gasteiger partial charge in [0.1, 0.15) is 0 Å². The molecule has 2 aromatic rings. The van der Waals surface area contributed by atoms with Gasteiger partial charge in [-0.05, 0) is 18.1 Å². The standard InChI is InChI=1S/C23H28N2O2/c1-4-22(26)24(17-20-11-7-5-8-12-20)15-16-25(23(27)19(2)3)18-21-13-9-6-10-14-21/h5-14H,2,4,15-18H2,1,3H3. The topological polar surface area (TPSA) is 40.6 Å². The first kappa shape index (κ1) is 20.4. The third-order valence-electron chi connectivity index (χ3n) is 4.38. The van der Waals surface area contributed by atoms with Crippen molar-refractivity contribution in [3.8, 4) is 0 Å². The monoisotopic (exact) mass is 364 g/mol. The van der Waals surface area contributed by atoms with Gasteiger partial charge in [-0.3, -0.25) is 9.59 Å². The number of amides is 2. The molecule has 27 heavy (non-hydrogen) atoms. The molecule has 0 aliphatic rings. The summed E-state index contributed by atoms with van der Waals surface area (Å²) < 4.78 is 0. The lowest BCUT2D eigenvalue weighted by molar-refractivity contribution is -0.134. The first-order valence-electron chi connectivity index (χ1n) is 9.31. The van der Waals surface area contributed by atoms with Crippen LogP contribution in [-0.2, 0) is 22.7 Å². The molecule has 0 bridgehead atoms. The molecule has 2 aromatic carbocycles. The molecule has 0 fully saturated rings. The summed E-state index contributed by atoms with van der Waals surface area (Å²) in [5, 5.41) is 0. The highest BCUT2D eigenvalue weighted by atomic mass is 16.2. The lowest BCUT2D eigenvalue weighted by Crippen LogP contribution is -2.40. The first-order chi connectivity index (χ1) is 13.0. The van der Waals surface area contributed by atoms with Gasteiger partial charge in [0.05, 0.1) is 0 Å². The molecule has 2 rings (SSSR count). The van der Waals surface area contributed by atoms with E-state index in [-0.39, 0.29) is 11.8 Å². The molecule has 4 heteroatoms. The molecular weight excluding hydrogens is 336 g/mol. The van der Waals surface area contributed by atoms with Crippen molar-refractivity contribution in [2.75, 3.05) is 13.1 Å². The predicted molar refractivity (Wildman–Crippen MR) is 109 cm³/mol. The van der Waals surface area contributed by atoms with Crippen LogP contribution in [0.3, 0.4) is 0 Å². The average molecular weight is 364 g/mol. The fourth-order valence-corrected chi connectivity index (χ4v) is 2.89. The van der Waals surface area contributed by atoms with Crippen molar-refractivity contribution in [2.24, 2.45) is 0 Å². The minimum absolute atomic E-state index is 0.0811. The highest BCUT2D eigenvalue weighted by Crippen LogP contribution is 2.11. The second-order valence-corrected chi connectivity index (χ2v) is 6.65. The van der Waals surface area contributed by atoms with Crippen LogP contribution in [0.1, 0.15) is 31.4 Å². The van der Waals surface area contributed by atoms with Gasteiger partial charge in [0.2, 0.25) is 11.8 Å². The Hall–Kier alpha value is -2.88. The van der Waals surface area contributed by atoms with E-state index in [2.05, 4.69) is 6.58 Å². The van der Waals surface area contributed by atoms with Crippen LogP contribution in [0.25, 0.3) is 0 Å². The lowest BCUT2D eigenvalue weighted by Gasteiger charge is -2.28. The molecule has 0 aliphatic heterocycles. The lowest BCUT2D eigenvalue weighted by atomic mass is 10.2. The predicted octanol–water partition coefficient (Wildman–Crippen LogP) is 4.03. The summed E-state index contributed by atoms with van der Waals surface area (Å²) in [5.74, 6) is 0.00347. The van der Waals surface area contributed by atoms with E-state index in [0.717, 1.165) is 11.1 Å². The maximum Gasteiger partial charge on any atom is 0.249 e. The summed E-state index contributed by atoms with van der Waals surface area (Å²) in [6.45, 7) is 9.40. The summed E-state index contributed by atoms with van der Waals surface area (Å²) in [6, 6.07) is 19.8. The van der Waals surface area contributed by atoms with Crippen molar-refractivity contribution in [3.63, 3.8) is 0 Å². The molecule has 0 radical (unpaired) electrons. The van der Waals surface area contributed by atoms with Crippen molar-refractivity contribution in [2.45, 2.75) is 33.4 Å². The van der Waals surface area contributed by atoms with E-state index in [1.54, 1.807) is 11.8 Å². The Morgan fingerprint density at radius 3 is 1.70 bits per heavy atom. The van der Waals surface area contributed by atoms with Gasteiger partial charge in [-0.15, -0.1) is 0 Å². The maximum atomic E-state index is 12.6. The highest BCUT2D eigenvalue weighted by Gasteiger charge is 2.18. The minimum Gasteiger partial charge on any atom is -0.337 e. The Bertz CT molecular complexity index is 756. The minimum atomic E-state index is -0.0811. The molecular formula is C23H28N2O2. The van der Waals surface area contributed by atoms with Crippen molar-refractivity contribution < 1.29 is 9.59 Å². The molecule has 0 saturated carbocycles. The number of rotatable bonds is 9. The molecule has 0 spiro atoms. The fraction of sp³-hybridized carbons (Fsp3) is 0.304. The Morgan fingerprint density at radius 2 is 1.26 bits per heavy atom. The summed E-state index contributed by atoms with van der Waals surface area (Å²) >= 11 is 0. The fourth-order valence-electron chi connectivity index (χ4n) is 2.89. The van der Waals surface area contributed by atoms with Crippen LogP contribution in [-0.4, -0.2) is 34.7 Å². The Kier molecular flexibility index (Phi) is 7.80. The van der Waals surface area contributed by atoms with Crippen LogP contribution in [0.15, 0.2) is 72.8 Å². The molecule has 0 unspecified atom stereocenters. The van der Waals surface area contributed by atoms with E-state index in [9.17, 15) is 9.59 Å². The van der Waals surface area contributed by atoms with E-state index in [4.69, 9.17) is 0 Å². The Labute approximate surface area is 162 Å². The van der Waals surface area contributed by atoms with Gasteiger partial charge < -0.3 is 9.80 Å². The van der Waals surface area contributed by atoms with Crippen molar-refractivity contribution >= 4 is 11.8 Å². The van der Waals surface area contributed by atoms with E-state index in [1.165, 1.54) is 0 Å².